The van der Waals surface area contributed by atoms with Gasteiger partial charge in [-0.1, -0.05) is 12.1 Å². The van der Waals surface area contributed by atoms with E-state index < -0.39 is 10.7 Å². The average Bonchev–Trinajstić information content (AvgIpc) is 3.14. The van der Waals surface area contributed by atoms with Crippen LogP contribution >= 0.6 is 0 Å². The fourth-order valence-electron chi connectivity index (χ4n) is 2.25. The normalized spacial score (nSPS) is 10.9. The number of non-ortho nitro benzene ring substituents is 1. The lowest BCUT2D eigenvalue weighted by Crippen LogP contribution is -1.96. The van der Waals surface area contributed by atoms with Crippen molar-refractivity contribution in [2.24, 2.45) is 0 Å². The highest BCUT2D eigenvalue weighted by Crippen LogP contribution is 2.17. The minimum atomic E-state index is -0.533. The maximum atomic E-state index is 14.1. The number of nitrogens with zero attached hydrogens (tertiary/aromatic N) is 3. The van der Waals surface area contributed by atoms with E-state index >= 15 is 0 Å². The molecule has 0 fully saturated rings. The molecule has 0 aliphatic carbocycles. The molecule has 0 aliphatic heterocycles. The Labute approximate surface area is 142 Å². The van der Waals surface area contributed by atoms with Gasteiger partial charge in [0.05, 0.1) is 16.9 Å². The topological polar surface area (TPSA) is 78.0 Å². The number of benzene rings is 2. The van der Waals surface area contributed by atoms with Gasteiger partial charge in [-0.2, -0.15) is 0 Å². The Balaban J connectivity index is 1.76. The highest BCUT2D eigenvalue weighted by molar-refractivity contribution is 6.06. The van der Waals surface area contributed by atoms with E-state index in [1.54, 1.807) is 29.1 Å². The van der Waals surface area contributed by atoms with Crippen LogP contribution in [0.2, 0.25) is 0 Å². The third-order valence-corrected chi connectivity index (χ3v) is 3.54. The van der Waals surface area contributed by atoms with Crippen LogP contribution in [-0.2, 0) is 0 Å². The van der Waals surface area contributed by atoms with E-state index in [1.165, 1.54) is 48.8 Å². The van der Waals surface area contributed by atoms with Crippen LogP contribution in [0.25, 0.3) is 11.8 Å². The molecule has 124 valence electrons. The summed E-state index contributed by atoms with van der Waals surface area (Å²) in [6.45, 7) is 0. The van der Waals surface area contributed by atoms with Crippen molar-refractivity contribution in [1.82, 2.24) is 9.55 Å². The van der Waals surface area contributed by atoms with E-state index in [0.29, 0.717) is 16.8 Å². The van der Waals surface area contributed by atoms with Crippen molar-refractivity contribution in [1.29, 1.82) is 0 Å². The monoisotopic (exact) mass is 337 g/mol. The highest BCUT2D eigenvalue weighted by atomic mass is 19.1. The van der Waals surface area contributed by atoms with Gasteiger partial charge in [-0.05, 0) is 35.9 Å². The fraction of sp³-hybridized carbons (Fsp3) is 0. The minimum Gasteiger partial charge on any atom is -0.303 e. The van der Waals surface area contributed by atoms with Crippen LogP contribution in [0, 0.1) is 15.9 Å². The zero-order chi connectivity index (χ0) is 17.8. The quantitative estimate of drug-likeness (QED) is 0.307. The second-order valence-corrected chi connectivity index (χ2v) is 5.18. The number of carbonyl (C=O) groups is 1. The lowest BCUT2D eigenvalue weighted by Gasteiger charge is -2.04. The van der Waals surface area contributed by atoms with Gasteiger partial charge in [0.2, 0.25) is 0 Å². The lowest BCUT2D eigenvalue weighted by atomic mass is 10.1. The summed E-state index contributed by atoms with van der Waals surface area (Å²) in [5, 5.41) is 10.6. The number of carbonyl (C=O) groups excluding carboxylic acids is 1. The van der Waals surface area contributed by atoms with Crippen LogP contribution < -0.4 is 0 Å². The summed E-state index contributed by atoms with van der Waals surface area (Å²) in [7, 11) is 0. The number of nitro benzene ring substituents is 1. The first-order valence-corrected chi connectivity index (χ1v) is 7.29. The molecule has 0 spiro atoms. The smallest absolute Gasteiger partial charge is 0.269 e. The summed E-state index contributed by atoms with van der Waals surface area (Å²) in [4.78, 5) is 26.0. The first kappa shape index (κ1) is 16.3. The summed E-state index contributed by atoms with van der Waals surface area (Å²) in [6.07, 6.45) is 7.46. The molecule has 1 aromatic heterocycles. The van der Waals surface area contributed by atoms with Crippen molar-refractivity contribution < 1.29 is 14.1 Å². The second-order valence-electron chi connectivity index (χ2n) is 5.18. The van der Waals surface area contributed by atoms with E-state index in [4.69, 9.17) is 0 Å². The van der Waals surface area contributed by atoms with Gasteiger partial charge in [-0.3, -0.25) is 14.9 Å². The maximum Gasteiger partial charge on any atom is 0.269 e. The molecule has 1 heterocycles. The number of allylic oxidation sites excluding steroid dienone is 1. The first-order chi connectivity index (χ1) is 12.0. The molecule has 0 N–H and O–H groups in total. The van der Waals surface area contributed by atoms with Gasteiger partial charge >= 0.3 is 0 Å². The van der Waals surface area contributed by atoms with Gasteiger partial charge in [0, 0.05) is 30.1 Å². The lowest BCUT2D eigenvalue weighted by molar-refractivity contribution is -0.384. The number of rotatable bonds is 5. The second kappa shape index (κ2) is 6.88. The van der Waals surface area contributed by atoms with Crippen LogP contribution in [0.1, 0.15) is 15.9 Å². The molecule has 0 aliphatic rings. The molecular weight excluding hydrogens is 325 g/mol. The number of imidazole rings is 1. The van der Waals surface area contributed by atoms with Crippen LogP contribution in [0.15, 0.2) is 67.3 Å². The molecule has 0 amide bonds. The summed E-state index contributed by atoms with van der Waals surface area (Å²) >= 11 is 0. The molecule has 3 aromatic rings. The standard InChI is InChI=1S/C18H12FN3O3/c19-16-11-13(1-7-17(16)21-10-9-20-12-21)2-8-18(23)14-3-5-15(6-4-14)22(24)25/h1-12H/b8-2+. The predicted octanol–water partition coefficient (Wildman–Crippen LogP) is 3.82. The number of ketones is 1. The van der Waals surface area contributed by atoms with Crippen LogP contribution in [0.5, 0.6) is 0 Å². The maximum absolute atomic E-state index is 14.1. The van der Waals surface area contributed by atoms with Gasteiger partial charge in [0.1, 0.15) is 5.82 Å². The Hall–Kier alpha value is -3.61. The summed E-state index contributed by atoms with van der Waals surface area (Å²) in [5.74, 6) is -0.767. The molecule has 25 heavy (non-hydrogen) atoms. The summed E-state index contributed by atoms with van der Waals surface area (Å²) in [5.41, 5.74) is 1.11. The van der Waals surface area contributed by atoms with Crippen molar-refractivity contribution in [2.75, 3.05) is 0 Å². The van der Waals surface area contributed by atoms with Gasteiger partial charge in [-0.15, -0.1) is 0 Å². The molecule has 2 aromatic carbocycles. The van der Waals surface area contributed by atoms with E-state index in [2.05, 4.69) is 4.98 Å². The Morgan fingerprint density at radius 2 is 1.96 bits per heavy atom. The molecule has 3 rings (SSSR count). The fourth-order valence-corrected chi connectivity index (χ4v) is 2.25. The van der Waals surface area contributed by atoms with E-state index in [-0.39, 0.29) is 11.5 Å². The van der Waals surface area contributed by atoms with Crippen LogP contribution in [0.3, 0.4) is 0 Å². The SMILES string of the molecule is O=C(/C=C/c1ccc(-n2ccnc2)c(F)c1)c1ccc([N+](=O)[O-])cc1. The zero-order valence-electron chi connectivity index (χ0n) is 12.9. The molecule has 0 saturated carbocycles. The molecule has 0 radical (unpaired) electrons. The third kappa shape index (κ3) is 3.66. The number of hydrogen-bond donors (Lipinski definition) is 0. The number of hydrogen-bond acceptors (Lipinski definition) is 4. The Kier molecular flexibility index (Phi) is 4.47. The average molecular weight is 337 g/mol. The summed E-state index contributed by atoms with van der Waals surface area (Å²) < 4.78 is 15.7. The van der Waals surface area contributed by atoms with Crippen LogP contribution in [-0.4, -0.2) is 20.3 Å². The van der Waals surface area contributed by atoms with Crippen molar-refractivity contribution >= 4 is 17.5 Å². The molecular formula is C18H12FN3O3. The molecule has 0 atom stereocenters. The summed E-state index contributed by atoms with van der Waals surface area (Å²) in [6, 6.07) is 9.88. The third-order valence-electron chi connectivity index (χ3n) is 3.54. The zero-order valence-corrected chi connectivity index (χ0v) is 12.9. The molecule has 0 bridgehead atoms. The van der Waals surface area contributed by atoms with Crippen molar-refractivity contribution in [3.63, 3.8) is 0 Å². The van der Waals surface area contributed by atoms with Gasteiger partial charge in [0.25, 0.3) is 5.69 Å². The predicted molar refractivity (Wildman–Crippen MR) is 90.0 cm³/mol. The van der Waals surface area contributed by atoms with E-state index in [0.717, 1.165) is 0 Å². The van der Waals surface area contributed by atoms with Crippen molar-refractivity contribution in [3.8, 4) is 5.69 Å². The Morgan fingerprint density at radius 3 is 2.56 bits per heavy atom. The van der Waals surface area contributed by atoms with E-state index in [1.807, 2.05) is 0 Å². The Bertz CT molecular complexity index is 948. The van der Waals surface area contributed by atoms with Gasteiger partial charge < -0.3 is 4.57 Å². The first-order valence-electron chi connectivity index (χ1n) is 7.29. The van der Waals surface area contributed by atoms with E-state index in [9.17, 15) is 19.3 Å². The number of halogens is 1. The molecule has 7 heteroatoms. The molecule has 0 unspecified atom stereocenters. The van der Waals surface area contributed by atoms with Crippen LogP contribution in [0.4, 0.5) is 10.1 Å². The van der Waals surface area contributed by atoms with Crippen molar-refractivity contribution in [2.45, 2.75) is 0 Å². The largest absolute Gasteiger partial charge is 0.303 e. The van der Waals surface area contributed by atoms with Gasteiger partial charge in [-0.25, -0.2) is 9.37 Å². The van der Waals surface area contributed by atoms with Gasteiger partial charge in [0.15, 0.2) is 5.78 Å². The number of nitro groups is 1. The molecule has 0 saturated heterocycles. The Morgan fingerprint density at radius 1 is 1.20 bits per heavy atom. The van der Waals surface area contributed by atoms with Crippen molar-refractivity contribution in [3.05, 3.63) is 94.3 Å². The highest BCUT2D eigenvalue weighted by Gasteiger charge is 2.08. The molecule has 6 nitrogen and oxygen atoms in total. The number of aromatic nitrogens is 2. The minimum absolute atomic E-state index is 0.0855.